The van der Waals surface area contributed by atoms with Crippen LogP contribution in [0.4, 0.5) is 5.13 Å². The number of methoxy groups -OCH3 is 1. The van der Waals surface area contributed by atoms with Crippen LogP contribution in [0.15, 0.2) is 66.7 Å². The molecule has 0 aliphatic carbocycles. The van der Waals surface area contributed by atoms with Gasteiger partial charge in [0.15, 0.2) is 5.13 Å². The van der Waals surface area contributed by atoms with Crippen molar-refractivity contribution in [3.05, 3.63) is 77.9 Å². The molecular weight excluding hydrogens is 482 g/mol. The number of anilines is 1. The molecule has 4 rings (SSSR count). The van der Waals surface area contributed by atoms with Gasteiger partial charge < -0.3 is 14.4 Å². The number of benzene rings is 3. The molecule has 1 aromatic heterocycles. The molecule has 35 heavy (non-hydrogen) atoms. The molecule has 0 bridgehead atoms. The number of rotatable bonds is 9. The molecule has 0 saturated heterocycles. The number of fused-ring (bicyclic) bond motifs is 1. The van der Waals surface area contributed by atoms with Gasteiger partial charge in [-0.15, -0.1) is 12.4 Å². The number of thiazole rings is 1. The third kappa shape index (κ3) is 6.31. The van der Waals surface area contributed by atoms with Crippen LogP contribution in [0.2, 0.25) is 0 Å². The largest absolute Gasteiger partial charge is 0.494 e. The van der Waals surface area contributed by atoms with E-state index in [9.17, 15) is 4.79 Å². The number of amides is 1. The number of ether oxygens (including phenoxy) is 2. The second kappa shape index (κ2) is 12.0. The van der Waals surface area contributed by atoms with E-state index in [0.717, 1.165) is 34.5 Å². The minimum Gasteiger partial charge on any atom is -0.494 e. The number of carbonyl (C=O) groups excluding carboxylic acids is 1. The summed E-state index contributed by atoms with van der Waals surface area (Å²) in [4.78, 5) is 22.3. The van der Waals surface area contributed by atoms with Gasteiger partial charge in [0.05, 0.1) is 11.8 Å². The topological polar surface area (TPSA) is 54.9 Å². The summed E-state index contributed by atoms with van der Waals surface area (Å²) in [6.07, 6.45) is 0.833. The Morgan fingerprint density at radius 2 is 1.63 bits per heavy atom. The monoisotopic (exact) mass is 511 g/mol. The fourth-order valence-electron chi connectivity index (χ4n) is 3.65. The van der Waals surface area contributed by atoms with Crippen molar-refractivity contribution in [2.75, 3.05) is 39.2 Å². The first-order valence-corrected chi connectivity index (χ1v) is 12.0. The van der Waals surface area contributed by atoms with Crippen molar-refractivity contribution in [3.63, 3.8) is 0 Å². The Morgan fingerprint density at radius 3 is 2.29 bits per heavy atom. The third-order valence-electron chi connectivity index (χ3n) is 5.46. The number of aromatic nitrogens is 1. The van der Waals surface area contributed by atoms with Gasteiger partial charge in [-0.2, -0.15) is 0 Å². The predicted molar refractivity (Wildman–Crippen MR) is 146 cm³/mol. The van der Waals surface area contributed by atoms with E-state index in [1.54, 1.807) is 24.1 Å². The fraction of sp³-hybridized carbons (Fsp3) is 0.259. The summed E-state index contributed by atoms with van der Waals surface area (Å²) < 4.78 is 12.4. The number of para-hydroxylation sites is 1. The average molecular weight is 512 g/mol. The summed E-state index contributed by atoms with van der Waals surface area (Å²) in [7, 11) is 5.70. The molecule has 8 heteroatoms. The van der Waals surface area contributed by atoms with Gasteiger partial charge in [-0.05, 0) is 82.0 Å². The van der Waals surface area contributed by atoms with Crippen LogP contribution in [0.25, 0.3) is 10.2 Å². The van der Waals surface area contributed by atoms with Gasteiger partial charge in [0.25, 0.3) is 5.91 Å². The molecule has 1 amide bonds. The molecule has 0 spiro atoms. The molecule has 184 valence electrons. The second-order valence-corrected chi connectivity index (χ2v) is 9.29. The third-order valence-corrected chi connectivity index (χ3v) is 6.67. The molecule has 0 atom stereocenters. The van der Waals surface area contributed by atoms with Crippen molar-refractivity contribution in [2.24, 2.45) is 0 Å². The molecule has 0 aliphatic heterocycles. The van der Waals surface area contributed by atoms with Gasteiger partial charge in [-0.25, -0.2) is 4.98 Å². The van der Waals surface area contributed by atoms with Gasteiger partial charge in [-0.1, -0.05) is 35.6 Å². The summed E-state index contributed by atoms with van der Waals surface area (Å²) in [5.74, 6) is 2.07. The average Bonchev–Trinajstić information content (AvgIpc) is 3.29. The van der Waals surface area contributed by atoms with E-state index in [1.807, 2.05) is 75.6 Å². The maximum absolute atomic E-state index is 13.6. The molecule has 1 heterocycles. The molecule has 3 aromatic carbocycles. The molecule has 0 aliphatic rings. The van der Waals surface area contributed by atoms with Crippen LogP contribution in [-0.2, 0) is 0 Å². The van der Waals surface area contributed by atoms with Gasteiger partial charge in [0, 0.05) is 12.1 Å². The Labute approximate surface area is 216 Å². The van der Waals surface area contributed by atoms with E-state index >= 15 is 0 Å². The van der Waals surface area contributed by atoms with Crippen molar-refractivity contribution in [1.29, 1.82) is 0 Å². The lowest BCUT2D eigenvalue weighted by atomic mass is 10.2. The van der Waals surface area contributed by atoms with Crippen molar-refractivity contribution >= 4 is 45.0 Å². The number of aryl methyl sites for hydroxylation is 1. The number of carbonyl (C=O) groups is 1. The van der Waals surface area contributed by atoms with Crippen LogP contribution in [0.5, 0.6) is 17.2 Å². The highest BCUT2D eigenvalue weighted by molar-refractivity contribution is 7.22. The first-order chi connectivity index (χ1) is 16.5. The summed E-state index contributed by atoms with van der Waals surface area (Å²) >= 11 is 1.52. The van der Waals surface area contributed by atoms with E-state index in [0.29, 0.717) is 28.7 Å². The molecule has 0 unspecified atom stereocenters. The molecule has 0 radical (unpaired) electrons. The maximum Gasteiger partial charge on any atom is 0.260 e. The highest BCUT2D eigenvalue weighted by Crippen LogP contribution is 2.37. The Kier molecular flexibility index (Phi) is 9.09. The summed E-state index contributed by atoms with van der Waals surface area (Å²) in [6, 6.07) is 20.8. The molecular formula is C27H30ClN3O3S. The molecule has 0 fully saturated rings. The Bertz CT molecular complexity index is 1260. The van der Waals surface area contributed by atoms with Gasteiger partial charge in [0.1, 0.15) is 22.8 Å². The highest BCUT2D eigenvalue weighted by Gasteiger charge is 2.23. The van der Waals surface area contributed by atoms with E-state index in [2.05, 4.69) is 4.90 Å². The smallest absolute Gasteiger partial charge is 0.260 e. The number of hydrogen-bond donors (Lipinski definition) is 0. The van der Waals surface area contributed by atoms with Crippen LogP contribution >= 0.6 is 23.7 Å². The Balaban J connectivity index is 0.00000342. The van der Waals surface area contributed by atoms with E-state index in [1.165, 1.54) is 11.3 Å². The van der Waals surface area contributed by atoms with Crippen LogP contribution in [0.3, 0.4) is 0 Å². The molecule has 4 aromatic rings. The lowest BCUT2D eigenvalue weighted by Crippen LogP contribution is -2.33. The minimum atomic E-state index is -0.0827. The number of nitrogens with zero attached hydrogens (tertiary/aromatic N) is 3. The summed E-state index contributed by atoms with van der Waals surface area (Å²) in [5, 5.41) is 0.677. The Hall–Kier alpha value is -3.13. The lowest BCUT2D eigenvalue weighted by molar-refractivity contribution is 0.0986. The van der Waals surface area contributed by atoms with Gasteiger partial charge >= 0.3 is 0 Å². The first kappa shape index (κ1) is 26.5. The zero-order valence-electron chi connectivity index (χ0n) is 20.4. The number of hydrogen-bond acceptors (Lipinski definition) is 6. The standard InChI is InChI=1S/C27H29N3O3S.ClH/c1-19-11-16-23(32-4)24-25(19)34-27(28-24)30(18-8-17-29(2)3)26(31)20-12-14-22(15-13-20)33-21-9-6-5-7-10-21;/h5-7,9-16H,8,17-18H2,1-4H3;1H. The lowest BCUT2D eigenvalue weighted by Gasteiger charge is -2.21. The van der Waals surface area contributed by atoms with Crippen molar-refractivity contribution in [3.8, 4) is 17.2 Å². The summed E-state index contributed by atoms with van der Waals surface area (Å²) in [5.41, 5.74) is 2.50. The van der Waals surface area contributed by atoms with E-state index in [-0.39, 0.29) is 18.3 Å². The fourth-order valence-corrected chi connectivity index (χ4v) is 4.73. The predicted octanol–water partition coefficient (Wildman–Crippen LogP) is 6.43. The normalized spacial score (nSPS) is 10.8. The van der Waals surface area contributed by atoms with Crippen molar-refractivity contribution in [2.45, 2.75) is 13.3 Å². The number of halogens is 1. The van der Waals surface area contributed by atoms with E-state index in [4.69, 9.17) is 14.5 Å². The van der Waals surface area contributed by atoms with Crippen LogP contribution < -0.4 is 14.4 Å². The van der Waals surface area contributed by atoms with Gasteiger partial charge in [-0.3, -0.25) is 9.69 Å². The zero-order valence-corrected chi connectivity index (χ0v) is 22.0. The van der Waals surface area contributed by atoms with Gasteiger partial charge in [0.2, 0.25) is 0 Å². The van der Waals surface area contributed by atoms with Crippen LogP contribution in [0, 0.1) is 6.92 Å². The highest BCUT2D eigenvalue weighted by atomic mass is 35.5. The first-order valence-electron chi connectivity index (χ1n) is 11.2. The van der Waals surface area contributed by atoms with E-state index < -0.39 is 0 Å². The molecule has 0 N–H and O–H groups in total. The zero-order chi connectivity index (χ0) is 24.1. The summed E-state index contributed by atoms with van der Waals surface area (Å²) in [6.45, 7) is 3.49. The van der Waals surface area contributed by atoms with Crippen LogP contribution in [0.1, 0.15) is 22.3 Å². The second-order valence-electron chi connectivity index (χ2n) is 8.31. The van der Waals surface area contributed by atoms with Crippen molar-refractivity contribution in [1.82, 2.24) is 9.88 Å². The molecule has 0 saturated carbocycles. The maximum atomic E-state index is 13.6. The Morgan fingerprint density at radius 1 is 0.943 bits per heavy atom. The SMILES string of the molecule is COc1ccc(C)c2sc(N(CCCN(C)C)C(=O)c3ccc(Oc4ccccc4)cc3)nc12.Cl. The minimum absolute atomic E-state index is 0. The quantitative estimate of drug-likeness (QED) is 0.259. The van der Waals surface area contributed by atoms with Crippen molar-refractivity contribution < 1.29 is 14.3 Å². The molecule has 6 nitrogen and oxygen atoms in total. The van der Waals surface area contributed by atoms with Crippen LogP contribution in [-0.4, -0.2) is 50.1 Å².